The van der Waals surface area contributed by atoms with Crippen LogP contribution in [0.4, 0.5) is 17.5 Å². The lowest BCUT2D eigenvalue weighted by Crippen LogP contribution is -2.48. The molecule has 0 unspecified atom stereocenters. The van der Waals surface area contributed by atoms with Gasteiger partial charge in [-0.05, 0) is 12.1 Å². The van der Waals surface area contributed by atoms with Crippen LogP contribution in [0.1, 0.15) is 6.92 Å². The van der Waals surface area contributed by atoms with Gasteiger partial charge in [0.1, 0.15) is 13.2 Å². The first-order chi connectivity index (χ1) is 12.7. The van der Waals surface area contributed by atoms with Gasteiger partial charge in [-0.15, -0.1) is 5.10 Å². The van der Waals surface area contributed by atoms with Crippen LogP contribution < -0.4 is 19.7 Å². The zero-order valence-electron chi connectivity index (χ0n) is 14.5. The van der Waals surface area contributed by atoms with Gasteiger partial charge in [-0.25, -0.2) is 0 Å². The summed E-state index contributed by atoms with van der Waals surface area (Å²) >= 11 is 0. The number of benzene rings is 1. The van der Waals surface area contributed by atoms with Gasteiger partial charge in [0.2, 0.25) is 11.9 Å². The number of ether oxygens (including phenoxy) is 2. The number of amides is 1. The van der Waals surface area contributed by atoms with Crippen LogP contribution in [0.2, 0.25) is 0 Å². The summed E-state index contributed by atoms with van der Waals surface area (Å²) in [6.45, 7) is 5.51. The van der Waals surface area contributed by atoms with E-state index in [-0.39, 0.29) is 5.91 Å². The molecule has 136 valence electrons. The van der Waals surface area contributed by atoms with E-state index in [9.17, 15) is 4.79 Å². The van der Waals surface area contributed by atoms with Crippen molar-refractivity contribution in [1.82, 2.24) is 20.1 Å². The summed E-state index contributed by atoms with van der Waals surface area (Å²) < 4.78 is 11.1. The molecule has 1 amide bonds. The number of anilines is 3. The molecule has 1 aromatic heterocycles. The molecule has 9 heteroatoms. The Morgan fingerprint density at radius 1 is 1.12 bits per heavy atom. The zero-order chi connectivity index (χ0) is 17.9. The molecule has 0 bridgehead atoms. The average Bonchev–Trinajstić information content (AvgIpc) is 2.68. The summed E-state index contributed by atoms with van der Waals surface area (Å²) in [5.41, 5.74) is 0.801. The van der Waals surface area contributed by atoms with Gasteiger partial charge in [0.05, 0.1) is 6.20 Å². The quantitative estimate of drug-likeness (QED) is 0.873. The number of carbonyl (C=O) groups excluding carboxylic acids is 1. The Bertz CT molecular complexity index is 807. The van der Waals surface area contributed by atoms with Crippen molar-refractivity contribution in [1.29, 1.82) is 0 Å². The topological polar surface area (TPSA) is 92.7 Å². The summed E-state index contributed by atoms with van der Waals surface area (Å²) in [6, 6.07) is 5.60. The minimum Gasteiger partial charge on any atom is -0.486 e. The van der Waals surface area contributed by atoms with Crippen molar-refractivity contribution >= 4 is 23.4 Å². The highest BCUT2D eigenvalue weighted by molar-refractivity contribution is 5.73. The molecule has 1 saturated heterocycles. The standard InChI is InChI=1S/C17H20N6O3/c1-12(24)22-4-6-23(7-5-22)16-11-18-21-17(20-16)19-13-2-3-14-15(10-13)26-9-8-25-14/h2-3,10-11H,4-9H2,1H3,(H,19,20,21). The van der Waals surface area contributed by atoms with Crippen LogP contribution in [-0.4, -0.2) is 65.4 Å². The van der Waals surface area contributed by atoms with E-state index in [0.29, 0.717) is 38.0 Å². The zero-order valence-corrected chi connectivity index (χ0v) is 14.5. The molecular formula is C17H20N6O3. The molecule has 3 heterocycles. The number of hydrogen-bond acceptors (Lipinski definition) is 8. The largest absolute Gasteiger partial charge is 0.486 e. The fraction of sp³-hybridized carbons (Fsp3) is 0.412. The van der Waals surface area contributed by atoms with E-state index in [4.69, 9.17) is 9.47 Å². The smallest absolute Gasteiger partial charge is 0.249 e. The first-order valence-electron chi connectivity index (χ1n) is 8.56. The first-order valence-corrected chi connectivity index (χ1v) is 8.56. The third kappa shape index (κ3) is 3.46. The molecule has 2 aliphatic heterocycles. The summed E-state index contributed by atoms with van der Waals surface area (Å²) in [5.74, 6) is 2.69. The molecule has 0 spiro atoms. The maximum atomic E-state index is 11.4. The highest BCUT2D eigenvalue weighted by Gasteiger charge is 2.20. The average molecular weight is 356 g/mol. The van der Waals surface area contributed by atoms with Crippen molar-refractivity contribution < 1.29 is 14.3 Å². The molecule has 1 aromatic carbocycles. The Kier molecular flexibility index (Phi) is 4.42. The van der Waals surface area contributed by atoms with Crippen LogP contribution >= 0.6 is 0 Å². The second-order valence-corrected chi connectivity index (χ2v) is 6.11. The predicted molar refractivity (Wildman–Crippen MR) is 95.0 cm³/mol. The second kappa shape index (κ2) is 7.03. The fourth-order valence-corrected chi connectivity index (χ4v) is 3.00. The highest BCUT2D eigenvalue weighted by atomic mass is 16.6. The molecule has 0 radical (unpaired) electrons. The molecule has 26 heavy (non-hydrogen) atoms. The van der Waals surface area contributed by atoms with Gasteiger partial charge in [-0.1, -0.05) is 0 Å². The van der Waals surface area contributed by atoms with Crippen LogP contribution in [0.15, 0.2) is 24.4 Å². The van der Waals surface area contributed by atoms with Crippen LogP contribution in [-0.2, 0) is 4.79 Å². The molecule has 1 N–H and O–H groups in total. The number of fused-ring (bicyclic) bond motifs is 1. The Hall–Kier alpha value is -3.10. The Morgan fingerprint density at radius 2 is 1.88 bits per heavy atom. The molecule has 9 nitrogen and oxygen atoms in total. The molecule has 0 saturated carbocycles. The van der Waals surface area contributed by atoms with E-state index in [2.05, 4.69) is 25.4 Å². The normalized spacial score (nSPS) is 16.3. The Balaban J connectivity index is 1.45. The lowest BCUT2D eigenvalue weighted by molar-refractivity contribution is -0.129. The van der Waals surface area contributed by atoms with Crippen LogP contribution in [0, 0.1) is 0 Å². The molecule has 1 fully saturated rings. The molecule has 0 atom stereocenters. The molecule has 4 rings (SSSR count). The number of carbonyl (C=O) groups is 1. The van der Waals surface area contributed by atoms with Gasteiger partial charge in [-0.2, -0.15) is 10.1 Å². The number of hydrogen-bond donors (Lipinski definition) is 1. The first kappa shape index (κ1) is 16.4. The van der Waals surface area contributed by atoms with Gasteiger partial charge in [0, 0.05) is 44.9 Å². The lowest BCUT2D eigenvalue weighted by atomic mass is 10.2. The molecule has 2 aliphatic rings. The number of piperazine rings is 1. The number of nitrogens with one attached hydrogen (secondary N) is 1. The number of aromatic nitrogens is 3. The van der Waals surface area contributed by atoms with Crippen molar-refractivity contribution in [3.8, 4) is 11.5 Å². The van der Waals surface area contributed by atoms with E-state index in [1.807, 2.05) is 23.1 Å². The Labute approximate surface area is 150 Å². The number of nitrogens with zero attached hydrogens (tertiary/aromatic N) is 5. The molecule has 2 aromatic rings. The third-order valence-corrected chi connectivity index (χ3v) is 4.39. The van der Waals surface area contributed by atoms with Crippen molar-refractivity contribution in [3.63, 3.8) is 0 Å². The third-order valence-electron chi connectivity index (χ3n) is 4.39. The maximum Gasteiger partial charge on any atom is 0.249 e. The Morgan fingerprint density at radius 3 is 2.65 bits per heavy atom. The lowest BCUT2D eigenvalue weighted by Gasteiger charge is -2.34. The van der Waals surface area contributed by atoms with Gasteiger partial charge >= 0.3 is 0 Å². The van der Waals surface area contributed by atoms with E-state index in [1.54, 1.807) is 13.1 Å². The minimum atomic E-state index is 0.103. The maximum absolute atomic E-state index is 11.4. The predicted octanol–water partition coefficient (Wildman–Crippen LogP) is 1.05. The van der Waals surface area contributed by atoms with Crippen LogP contribution in [0.5, 0.6) is 11.5 Å². The monoisotopic (exact) mass is 356 g/mol. The van der Waals surface area contributed by atoms with Crippen LogP contribution in [0.25, 0.3) is 0 Å². The highest BCUT2D eigenvalue weighted by Crippen LogP contribution is 2.33. The summed E-state index contributed by atoms with van der Waals surface area (Å²) in [5, 5.41) is 11.2. The van der Waals surface area contributed by atoms with Crippen molar-refractivity contribution in [2.45, 2.75) is 6.92 Å². The van der Waals surface area contributed by atoms with E-state index < -0.39 is 0 Å². The van der Waals surface area contributed by atoms with E-state index in [1.165, 1.54) is 0 Å². The van der Waals surface area contributed by atoms with Gasteiger partial charge in [0.25, 0.3) is 0 Å². The van der Waals surface area contributed by atoms with Crippen molar-refractivity contribution in [3.05, 3.63) is 24.4 Å². The van der Waals surface area contributed by atoms with Gasteiger partial charge in [-0.3, -0.25) is 4.79 Å². The fourth-order valence-electron chi connectivity index (χ4n) is 3.00. The second-order valence-electron chi connectivity index (χ2n) is 6.11. The summed E-state index contributed by atoms with van der Waals surface area (Å²) in [7, 11) is 0. The number of rotatable bonds is 3. The minimum absolute atomic E-state index is 0.103. The van der Waals surface area contributed by atoms with Crippen molar-refractivity contribution in [2.75, 3.05) is 49.6 Å². The SMILES string of the molecule is CC(=O)N1CCN(c2cnnc(Nc3ccc4c(c3)OCCO4)n2)CC1. The summed E-state index contributed by atoms with van der Waals surface area (Å²) in [6.07, 6.45) is 1.64. The van der Waals surface area contributed by atoms with E-state index >= 15 is 0 Å². The van der Waals surface area contributed by atoms with Gasteiger partial charge in [0.15, 0.2) is 17.3 Å². The van der Waals surface area contributed by atoms with E-state index in [0.717, 1.165) is 30.3 Å². The van der Waals surface area contributed by atoms with Crippen molar-refractivity contribution in [2.24, 2.45) is 0 Å². The molecular weight excluding hydrogens is 336 g/mol. The van der Waals surface area contributed by atoms with Gasteiger partial charge < -0.3 is 24.6 Å². The summed E-state index contributed by atoms with van der Waals surface area (Å²) in [4.78, 5) is 19.9. The molecule has 0 aliphatic carbocycles. The van der Waals surface area contributed by atoms with Crippen LogP contribution in [0.3, 0.4) is 0 Å².